The summed E-state index contributed by atoms with van der Waals surface area (Å²) >= 11 is 0. The molecule has 4 atom stereocenters. The van der Waals surface area contributed by atoms with Gasteiger partial charge in [0.25, 0.3) is 0 Å². The van der Waals surface area contributed by atoms with Gasteiger partial charge in [0.05, 0.1) is 24.0 Å². The van der Waals surface area contributed by atoms with E-state index in [0.717, 1.165) is 12.8 Å². The molecule has 1 aromatic rings. The number of benzene rings is 1. The van der Waals surface area contributed by atoms with Crippen molar-refractivity contribution in [2.24, 2.45) is 11.8 Å². The number of para-hydroxylation sites is 1. The van der Waals surface area contributed by atoms with E-state index in [0.29, 0.717) is 5.69 Å². The average Bonchev–Trinajstić information content (AvgIpc) is 2.99. The number of nitrogens with one attached hydrogen (secondary N) is 1. The molecule has 2 saturated heterocycles. The number of ether oxygens (including phenoxy) is 1. The van der Waals surface area contributed by atoms with E-state index in [4.69, 9.17) is 4.74 Å². The lowest BCUT2D eigenvalue weighted by atomic mass is 9.78. The molecule has 0 saturated carbocycles. The highest BCUT2D eigenvalue weighted by Gasteiger charge is 2.55. The lowest BCUT2D eigenvalue weighted by molar-refractivity contribution is -0.147. The summed E-state index contributed by atoms with van der Waals surface area (Å²) in [6.07, 6.45) is 0.932. The maximum absolute atomic E-state index is 12.3. The van der Waals surface area contributed by atoms with Crippen molar-refractivity contribution in [1.82, 2.24) is 0 Å². The SMILES string of the molecule is O=C(O)[C@@H]1[C@H](C(=O)Nc2ccccc2)[C@H]2CC[C@@H]1O2. The molecule has 2 heterocycles. The number of amides is 1. The summed E-state index contributed by atoms with van der Waals surface area (Å²) in [5.74, 6) is -2.51. The second-order valence-corrected chi connectivity index (χ2v) is 5.04. The van der Waals surface area contributed by atoms with Gasteiger partial charge in [0.15, 0.2) is 0 Å². The quantitative estimate of drug-likeness (QED) is 0.864. The van der Waals surface area contributed by atoms with Crippen LogP contribution in [0.25, 0.3) is 0 Å². The number of hydrogen-bond acceptors (Lipinski definition) is 3. The lowest BCUT2D eigenvalue weighted by Crippen LogP contribution is -2.40. The number of hydrogen-bond donors (Lipinski definition) is 2. The summed E-state index contributed by atoms with van der Waals surface area (Å²) in [6, 6.07) is 9.06. The normalized spacial score (nSPS) is 32.2. The van der Waals surface area contributed by atoms with Gasteiger partial charge in [0.2, 0.25) is 5.91 Å². The summed E-state index contributed by atoms with van der Waals surface area (Å²) in [5.41, 5.74) is 0.680. The van der Waals surface area contributed by atoms with Crippen molar-refractivity contribution >= 4 is 17.6 Å². The summed E-state index contributed by atoms with van der Waals surface area (Å²) in [4.78, 5) is 23.6. The maximum Gasteiger partial charge on any atom is 0.310 e. The van der Waals surface area contributed by atoms with Gasteiger partial charge >= 0.3 is 5.97 Å². The maximum atomic E-state index is 12.3. The van der Waals surface area contributed by atoms with Crippen molar-refractivity contribution in [3.05, 3.63) is 30.3 Å². The second kappa shape index (κ2) is 4.66. The van der Waals surface area contributed by atoms with Crippen molar-refractivity contribution in [2.75, 3.05) is 5.32 Å². The predicted octanol–water partition coefficient (Wildman–Crippen LogP) is 1.50. The number of fused-ring (bicyclic) bond motifs is 2. The van der Waals surface area contributed by atoms with Crippen molar-refractivity contribution in [3.63, 3.8) is 0 Å². The molecule has 1 aromatic carbocycles. The molecule has 2 aliphatic rings. The molecule has 0 radical (unpaired) electrons. The number of carbonyl (C=O) groups is 2. The number of carboxylic acid groups (broad SMARTS) is 1. The molecular weight excluding hydrogens is 246 g/mol. The van der Waals surface area contributed by atoms with Gasteiger partial charge in [0, 0.05) is 5.69 Å². The van der Waals surface area contributed by atoms with Crippen LogP contribution in [0.5, 0.6) is 0 Å². The fourth-order valence-electron chi connectivity index (χ4n) is 3.07. The first kappa shape index (κ1) is 12.2. The van der Waals surface area contributed by atoms with E-state index in [-0.39, 0.29) is 18.1 Å². The molecule has 0 unspecified atom stereocenters. The van der Waals surface area contributed by atoms with Gasteiger partial charge in [-0.15, -0.1) is 0 Å². The van der Waals surface area contributed by atoms with E-state index < -0.39 is 17.8 Å². The van der Waals surface area contributed by atoms with Crippen LogP contribution in [0.3, 0.4) is 0 Å². The topological polar surface area (TPSA) is 75.6 Å². The third kappa shape index (κ3) is 2.10. The number of rotatable bonds is 3. The third-order valence-corrected chi connectivity index (χ3v) is 3.90. The standard InChI is InChI=1S/C14H15NO4/c16-13(15-8-4-2-1-3-5-8)11-9-6-7-10(19-9)12(11)14(17)18/h1-5,9-12H,6-7H2,(H,15,16)(H,17,18)/t9-,10+,11-,12+/m1/s1. The zero-order valence-corrected chi connectivity index (χ0v) is 10.3. The van der Waals surface area contributed by atoms with Gasteiger partial charge in [0.1, 0.15) is 0 Å². The Kier molecular flexibility index (Phi) is 2.98. The van der Waals surface area contributed by atoms with Crippen molar-refractivity contribution in [3.8, 4) is 0 Å². The summed E-state index contributed by atoms with van der Waals surface area (Å²) in [6.45, 7) is 0. The summed E-state index contributed by atoms with van der Waals surface area (Å²) in [5, 5.41) is 12.0. The van der Waals surface area contributed by atoms with Gasteiger partial charge in [-0.1, -0.05) is 18.2 Å². The third-order valence-electron chi connectivity index (χ3n) is 3.90. The second-order valence-electron chi connectivity index (χ2n) is 5.04. The fraction of sp³-hybridized carbons (Fsp3) is 0.429. The number of carbonyl (C=O) groups excluding carboxylic acids is 1. The Bertz CT molecular complexity index is 501. The molecule has 2 fully saturated rings. The number of aliphatic carboxylic acids is 1. The highest BCUT2D eigenvalue weighted by Crippen LogP contribution is 2.44. The van der Waals surface area contributed by atoms with Gasteiger partial charge in [-0.05, 0) is 25.0 Å². The van der Waals surface area contributed by atoms with Crippen molar-refractivity contribution < 1.29 is 19.4 Å². The molecule has 0 aliphatic carbocycles. The molecule has 5 nitrogen and oxygen atoms in total. The number of carboxylic acids is 1. The zero-order valence-electron chi connectivity index (χ0n) is 10.3. The average molecular weight is 261 g/mol. The molecule has 2 bridgehead atoms. The first-order valence-electron chi connectivity index (χ1n) is 6.41. The Balaban J connectivity index is 1.77. The van der Waals surface area contributed by atoms with Crippen molar-refractivity contribution in [1.29, 1.82) is 0 Å². The van der Waals surface area contributed by atoms with E-state index in [1.165, 1.54) is 0 Å². The molecule has 5 heteroatoms. The predicted molar refractivity (Wildman–Crippen MR) is 67.6 cm³/mol. The minimum Gasteiger partial charge on any atom is -0.481 e. The van der Waals surface area contributed by atoms with Crippen molar-refractivity contribution in [2.45, 2.75) is 25.0 Å². The van der Waals surface area contributed by atoms with Gasteiger partial charge in [-0.25, -0.2) is 0 Å². The number of anilines is 1. The van der Waals surface area contributed by atoms with Crippen LogP contribution in [0.15, 0.2) is 30.3 Å². The van der Waals surface area contributed by atoms with Crippen LogP contribution in [0.4, 0.5) is 5.69 Å². The molecule has 19 heavy (non-hydrogen) atoms. The molecule has 2 N–H and O–H groups in total. The Morgan fingerprint density at radius 2 is 1.74 bits per heavy atom. The van der Waals surface area contributed by atoms with E-state index in [2.05, 4.69) is 5.32 Å². The first-order valence-corrected chi connectivity index (χ1v) is 6.41. The van der Waals surface area contributed by atoms with Crippen LogP contribution in [0.2, 0.25) is 0 Å². The molecule has 100 valence electrons. The monoisotopic (exact) mass is 261 g/mol. The van der Waals surface area contributed by atoms with Gasteiger partial charge in [-0.2, -0.15) is 0 Å². The minimum atomic E-state index is -0.944. The van der Waals surface area contributed by atoms with E-state index in [9.17, 15) is 14.7 Å². The Labute approximate surface area is 110 Å². The van der Waals surface area contributed by atoms with Gasteiger partial charge < -0.3 is 15.2 Å². The summed E-state index contributed by atoms with van der Waals surface area (Å²) in [7, 11) is 0. The molecule has 1 amide bonds. The Morgan fingerprint density at radius 3 is 2.37 bits per heavy atom. The first-order chi connectivity index (χ1) is 9.16. The van der Waals surface area contributed by atoms with Crippen LogP contribution in [0, 0.1) is 11.8 Å². The minimum absolute atomic E-state index is 0.255. The molecule has 0 spiro atoms. The van der Waals surface area contributed by atoms with E-state index in [1.54, 1.807) is 12.1 Å². The van der Waals surface area contributed by atoms with Crippen LogP contribution >= 0.6 is 0 Å². The van der Waals surface area contributed by atoms with Crippen LogP contribution < -0.4 is 5.32 Å². The zero-order chi connectivity index (χ0) is 13.4. The Morgan fingerprint density at radius 1 is 1.11 bits per heavy atom. The summed E-state index contributed by atoms with van der Waals surface area (Å²) < 4.78 is 5.58. The van der Waals surface area contributed by atoms with E-state index >= 15 is 0 Å². The van der Waals surface area contributed by atoms with Crippen LogP contribution in [-0.2, 0) is 14.3 Å². The fourth-order valence-corrected chi connectivity index (χ4v) is 3.07. The highest BCUT2D eigenvalue weighted by atomic mass is 16.5. The largest absolute Gasteiger partial charge is 0.481 e. The molecule has 3 rings (SSSR count). The lowest BCUT2D eigenvalue weighted by Gasteiger charge is -2.23. The molecular formula is C14H15NO4. The Hall–Kier alpha value is -1.88. The van der Waals surface area contributed by atoms with Gasteiger partial charge in [-0.3, -0.25) is 9.59 Å². The smallest absolute Gasteiger partial charge is 0.310 e. The molecule has 2 aliphatic heterocycles. The van der Waals surface area contributed by atoms with E-state index in [1.807, 2.05) is 18.2 Å². The van der Waals surface area contributed by atoms with Crippen LogP contribution in [-0.4, -0.2) is 29.2 Å². The highest BCUT2D eigenvalue weighted by molar-refractivity contribution is 5.96. The van der Waals surface area contributed by atoms with Crippen LogP contribution in [0.1, 0.15) is 12.8 Å². The molecule has 0 aromatic heterocycles.